The van der Waals surface area contributed by atoms with Crippen LogP contribution in [-0.4, -0.2) is 47.3 Å². The zero-order chi connectivity index (χ0) is 14.8. The van der Waals surface area contributed by atoms with Crippen LogP contribution in [0.5, 0.6) is 0 Å². The Morgan fingerprint density at radius 1 is 1.24 bits per heavy atom. The minimum absolute atomic E-state index is 0.169. The highest BCUT2D eigenvalue weighted by molar-refractivity contribution is 5.71. The zero-order valence-corrected chi connectivity index (χ0v) is 13.2. The van der Waals surface area contributed by atoms with Gasteiger partial charge in [0.05, 0.1) is 18.6 Å². The summed E-state index contributed by atoms with van der Waals surface area (Å²) in [6.07, 6.45) is 9.43. The van der Waals surface area contributed by atoms with Crippen molar-refractivity contribution >= 4 is 5.97 Å². The number of nitrogens with zero attached hydrogens (tertiary/aromatic N) is 1. The number of carboxylic acid groups (broad SMARTS) is 1. The number of aliphatic carboxylic acids is 1. The van der Waals surface area contributed by atoms with Crippen LogP contribution in [0.2, 0.25) is 0 Å². The molecule has 4 nitrogen and oxygen atoms in total. The maximum Gasteiger partial charge on any atom is 0.308 e. The van der Waals surface area contributed by atoms with Gasteiger partial charge in [-0.05, 0) is 44.4 Å². The van der Waals surface area contributed by atoms with E-state index in [0.717, 1.165) is 44.8 Å². The molecule has 0 radical (unpaired) electrons. The Balaban J connectivity index is 1.75. The summed E-state index contributed by atoms with van der Waals surface area (Å²) in [5.41, 5.74) is 0. The monoisotopic (exact) mass is 295 g/mol. The summed E-state index contributed by atoms with van der Waals surface area (Å²) in [5, 5.41) is 9.64. The molecule has 4 heteroatoms. The Morgan fingerprint density at radius 2 is 2.10 bits per heavy atom. The van der Waals surface area contributed by atoms with Crippen LogP contribution >= 0.6 is 0 Å². The molecule has 2 aliphatic carbocycles. The van der Waals surface area contributed by atoms with Gasteiger partial charge >= 0.3 is 5.97 Å². The fourth-order valence-corrected chi connectivity index (χ4v) is 4.92. The van der Waals surface area contributed by atoms with Crippen LogP contribution in [0.3, 0.4) is 0 Å². The molecule has 3 fully saturated rings. The Morgan fingerprint density at radius 3 is 2.86 bits per heavy atom. The summed E-state index contributed by atoms with van der Waals surface area (Å²) in [7, 11) is 0. The molecule has 3 rings (SSSR count). The summed E-state index contributed by atoms with van der Waals surface area (Å²) in [6, 6.07) is 0.716. The lowest BCUT2D eigenvalue weighted by Gasteiger charge is -2.47. The lowest BCUT2D eigenvalue weighted by molar-refractivity contribution is -0.150. The van der Waals surface area contributed by atoms with Crippen molar-refractivity contribution in [3.05, 3.63) is 0 Å². The van der Waals surface area contributed by atoms with Crippen LogP contribution in [0.1, 0.15) is 58.3 Å². The molecule has 0 aromatic heterocycles. The van der Waals surface area contributed by atoms with Gasteiger partial charge in [0.25, 0.3) is 0 Å². The minimum Gasteiger partial charge on any atom is -0.481 e. The predicted octanol–water partition coefficient (Wildman–Crippen LogP) is 2.91. The van der Waals surface area contributed by atoms with E-state index in [1.54, 1.807) is 0 Å². The molecule has 3 aliphatic rings. The Bertz CT molecular complexity index is 373. The van der Waals surface area contributed by atoms with E-state index in [2.05, 4.69) is 11.8 Å². The SMILES string of the molecule is CCCC1CCC(C(=O)O)C(N2CCOC3CCCC32)C1. The van der Waals surface area contributed by atoms with Gasteiger partial charge in [0.15, 0.2) is 0 Å². The van der Waals surface area contributed by atoms with E-state index in [4.69, 9.17) is 4.74 Å². The summed E-state index contributed by atoms with van der Waals surface area (Å²) in [6.45, 7) is 3.94. The van der Waals surface area contributed by atoms with Gasteiger partial charge in [0.1, 0.15) is 0 Å². The number of rotatable bonds is 4. The zero-order valence-electron chi connectivity index (χ0n) is 13.2. The summed E-state index contributed by atoms with van der Waals surface area (Å²) in [4.78, 5) is 14.2. The second kappa shape index (κ2) is 6.66. The van der Waals surface area contributed by atoms with Gasteiger partial charge in [-0.15, -0.1) is 0 Å². The van der Waals surface area contributed by atoms with Crippen LogP contribution in [0.4, 0.5) is 0 Å². The molecule has 5 unspecified atom stereocenters. The molecule has 0 spiro atoms. The Hall–Kier alpha value is -0.610. The number of hydrogen-bond donors (Lipinski definition) is 1. The highest BCUT2D eigenvalue weighted by Gasteiger charge is 2.45. The number of fused-ring (bicyclic) bond motifs is 1. The maximum atomic E-state index is 11.7. The summed E-state index contributed by atoms with van der Waals surface area (Å²) >= 11 is 0. The van der Waals surface area contributed by atoms with Crippen molar-refractivity contribution in [2.75, 3.05) is 13.2 Å². The number of carbonyl (C=O) groups is 1. The van der Waals surface area contributed by atoms with E-state index in [1.165, 1.54) is 25.7 Å². The van der Waals surface area contributed by atoms with Crippen LogP contribution in [0, 0.1) is 11.8 Å². The average molecular weight is 295 g/mol. The van der Waals surface area contributed by atoms with Crippen LogP contribution < -0.4 is 0 Å². The van der Waals surface area contributed by atoms with E-state index in [9.17, 15) is 9.90 Å². The van der Waals surface area contributed by atoms with Crippen LogP contribution in [-0.2, 0) is 9.53 Å². The van der Waals surface area contributed by atoms with Gasteiger partial charge in [-0.2, -0.15) is 0 Å². The van der Waals surface area contributed by atoms with Gasteiger partial charge in [0.2, 0.25) is 0 Å². The van der Waals surface area contributed by atoms with Crippen molar-refractivity contribution in [2.45, 2.75) is 76.5 Å². The molecule has 1 heterocycles. The number of ether oxygens (including phenoxy) is 1. The fourth-order valence-electron chi connectivity index (χ4n) is 4.92. The summed E-state index contributed by atoms with van der Waals surface area (Å²) in [5.74, 6) is -0.0354. The topological polar surface area (TPSA) is 49.8 Å². The van der Waals surface area contributed by atoms with Crippen LogP contribution in [0.25, 0.3) is 0 Å². The third kappa shape index (κ3) is 3.11. The second-order valence-corrected chi connectivity index (χ2v) is 7.13. The highest BCUT2D eigenvalue weighted by atomic mass is 16.5. The van der Waals surface area contributed by atoms with Crippen molar-refractivity contribution < 1.29 is 14.6 Å². The molecule has 1 saturated heterocycles. The third-order valence-electron chi connectivity index (χ3n) is 5.89. The summed E-state index contributed by atoms with van der Waals surface area (Å²) < 4.78 is 5.90. The van der Waals surface area contributed by atoms with E-state index >= 15 is 0 Å². The van der Waals surface area contributed by atoms with Crippen molar-refractivity contribution in [3.63, 3.8) is 0 Å². The lowest BCUT2D eigenvalue weighted by Crippen LogP contribution is -2.57. The first-order chi connectivity index (χ1) is 10.2. The molecule has 0 bridgehead atoms. The van der Waals surface area contributed by atoms with Gasteiger partial charge in [-0.3, -0.25) is 9.69 Å². The third-order valence-corrected chi connectivity index (χ3v) is 5.89. The molecule has 0 aromatic carbocycles. The van der Waals surface area contributed by atoms with Gasteiger partial charge in [-0.1, -0.05) is 19.8 Å². The average Bonchev–Trinajstić information content (AvgIpc) is 2.95. The minimum atomic E-state index is -0.587. The standard InChI is InChI=1S/C17H29NO3/c1-2-4-12-7-8-13(17(19)20)15(11-12)18-9-10-21-16-6-3-5-14(16)18/h12-16H,2-11H2,1H3,(H,19,20). The normalized spacial score (nSPS) is 40.9. The number of morpholine rings is 1. The Labute approximate surface area is 127 Å². The van der Waals surface area contributed by atoms with Crippen molar-refractivity contribution in [1.82, 2.24) is 4.90 Å². The first-order valence-corrected chi connectivity index (χ1v) is 8.80. The molecule has 1 aliphatic heterocycles. The number of hydrogen-bond acceptors (Lipinski definition) is 3. The first-order valence-electron chi connectivity index (χ1n) is 8.80. The van der Waals surface area contributed by atoms with Gasteiger partial charge in [0, 0.05) is 18.6 Å². The molecule has 1 N–H and O–H groups in total. The van der Waals surface area contributed by atoms with E-state index in [0.29, 0.717) is 12.1 Å². The first kappa shape index (κ1) is 15.3. The van der Waals surface area contributed by atoms with E-state index in [-0.39, 0.29) is 12.0 Å². The second-order valence-electron chi connectivity index (χ2n) is 7.13. The van der Waals surface area contributed by atoms with Gasteiger partial charge < -0.3 is 9.84 Å². The molecule has 0 amide bonds. The molecule has 21 heavy (non-hydrogen) atoms. The quantitative estimate of drug-likeness (QED) is 0.866. The molecule has 2 saturated carbocycles. The fraction of sp³-hybridized carbons (Fsp3) is 0.941. The van der Waals surface area contributed by atoms with E-state index < -0.39 is 5.97 Å². The maximum absolute atomic E-state index is 11.7. The molecule has 120 valence electrons. The van der Waals surface area contributed by atoms with Crippen LogP contribution in [0.15, 0.2) is 0 Å². The van der Waals surface area contributed by atoms with E-state index in [1.807, 2.05) is 0 Å². The van der Waals surface area contributed by atoms with Crippen molar-refractivity contribution in [1.29, 1.82) is 0 Å². The molecule has 5 atom stereocenters. The number of carboxylic acids is 1. The highest BCUT2D eigenvalue weighted by Crippen LogP contribution is 2.39. The van der Waals surface area contributed by atoms with Crippen molar-refractivity contribution in [3.8, 4) is 0 Å². The smallest absolute Gasteiger partial charge is 0.308 e. The molecule has 0 aromatic rings. The largest absolute Gasteiger partial charge is 0.481 e. The lowest BCUT2D eigenvalue weighted by atomic mass is 9.75. The molecular formula is C17H29NO3. The molecular weight excluding hydrogens is 266 g/mol. The Kier molecular flexibility index (Phi) is 4.85. The van der Waals surface area contributed by atoms with Crippen molar-refractivity contribution in [2.24, 2.45) is 11.8 Å². The van der Waals surface area contributed by atoms with Gasteiger partial charge in [-0.25, -0.2) is 0 Å². The predicted molar refractivity (Wildman–Crippen MR) is 81.2 cm³/mol.